The summed E-state index contributed by atoms with van der Waals surface area (Å²) < 4.78 is 30.2. The van der Waals surface area contributed by atoms with Crippen LogP contribution in [0, 0.1) is 0 Å². The number of rotatable bonds is 7. The van der Waals surface area contributed by atoms with Crippen LogP contribution >= 0.6 is 0 Å². The molecule has 1 aromatic carbocycles. The largest absolute Gasteiger partial charge is 0.469 e. The molecule has 0 aliphatic carbocycles. The number of furan rings is 1. The van der Waals surface area contributed by atoms with E-state index in [4.69, 9.17) is 4.42 Å². The first-order valence-corrected chi connectivity index (χ1v) is 8.68. The van der Waals surface area contributed by atoms with Crippen LogP contribution in [0.15, 0.2) is 47.1 Å². The fourth-order valence-corrected chi connectivity index (χ4v) is 2.61. The van der Waals surface area contributed by atoms with E-state index in [-0.39, 0.29) is 6.04 Å². The molecule has 0 aliphatic heterocycles. The van der Waals surface area contributed by atoms with E-state index in [9.17, 15) is 8.42 Å². The van der Waals surface area contributed by atoms with Gasteiger partial charge in [0, 0.05) is 18.2 Å². The molecule has 0 radical (unpaired) electrons. The topological polar surface area (TPSA) is 71.3 Å². The lowest BCUT2D eigenvalue weighted by Crippen LogP contribution is -2.16. The number of hydrogen-bond acceptors (Lipinski definition) is 4. The minimum Gasteiger partial charge on any atom is -0.469 e. The monoisotopic (exact) mass is 308 g/mol. The second-order valence-electron chi connectivity index (χ2n) is 5.12. The highest BCUT2D eigenvalue weighted by Gasteiger charge is 2.06. The Morgan fingerprint density at radius 3 is 2.62 bits per heavy atom. The Morgan fingerprint density at radius 1 is 1.19 bits per heavy atom. The Hall–Kier alpha value is -1.95. The molecule has 2 rings (SSSR count). The standard InChI is InChI=1S/C15H20N2O3S/c1-12(8-9-15-7-4-10-20-15)16-13-5-3-6-14(11-13)17-21(2,18)19/h3-7,10-12,16-17H,8-9H2,1-2H3. The SMILES string of the molecule is CC(CCc1ccco1)Nc1cccc(NS(C)(=O)=O)c1. The van der Waals surface area contributed by atoms with Crippen LogP contribution in [-0.2, 0) is 16.4 Å². The summed E-state index contributed by atoms with van der Waals surface area (Å²) in [4.78, 5) is 0. The Labute approximate surface area is 125 Å². The molecule has 0 saturated heterocycles. The number of benzene rings is 1. The molecular weight excluding hydrogens is 288 g/mol. The molecule has 0 aliphatic rings. The average Bonchev–Trinajstić information content (AvgIpc) is 2.87. The van der Waals surface area contributed by atoms with Gasteiger partial charge in [0.15, 0.2) is 0 Å². The molecule has 1 heterocycles. The smallest absolute Gasteiger partial charge is 0.229 e. The summed E-state index contributed by atoms with van der Waals surface area (Å²) in [5.74, 6) is 0.969. The van der Waals surface area contributed by atoms with E-state index < -0.39 is 10.0 Å². The first-order valence-electron chi connectivity index (χ1n) is 6.79. The molecule has 1 aromatic heterocycles. The lowest BCUT2D eigenvalue weighted by atomic mass is 10.1. The number of nitrogens with one attached hydrogen (secondary N) is 2. The minimum absolute atomic E-state index is 0.253. The Balaban J connectivity index is 1.91. The molecular formula is C15H20N2O3S. The summed E-state index contributed by atoms with van der Waals surface area (Å²) in [6.07, 6.45) is 4.60. The van der Waals surface area contributed by atoms with Crippen molar-refractivity contribution in [3.63, 3.8) is 0 Å². The lowest BCUT2D eigenvalue weighted by molar-refractivity contribution is 0.495. The minimum atomic E-state index is -3.25. The zero-order valence-corrected chi connectivity index (χ0v) is 13.0. The molecule has 21 heavy (non-hydrogen) atoms. The van der Waals surface area contributed by atoms with Gasteiger partial charge in [-0.25, -0.2) is 8.42 Å². The first kappa shape index (κ1) is 15.4. The van der Waals surface area contributed by atoms with Crippen molar-refractivity contribution in [2.24, 2.45) is 0 Å². The third-order valence-corrected chi connectivity index (χ3v) is 3.59. The van der Waals surface area contributed by atoms with Crippen molar-refractivity contribution >= 4 is 21.4 Å². The predicted octanol–water partition coefficient (Wildman–Crippen LogP) is 3.08. The van der Waals surface area contributed by atoms with Crippen molar-refractivity contribution in [1.82, 2.24) is 0 Å². The Bertz CT molecular complexity index is 666. The zero-order chi connectivity index (χ0) is 15.3. The molecule has 1 atom stereocenters. The summed E-state index contributed by atoms with van der Waals surface area (Å²) in [5.41, 5.74) is 1.44. The van der Waals surface area contributed by atoms with Gasteiger partial charge in [-0.1, -0.05) is 6.07 Å². The number of hydrogen-bond donors (Lipinski definition) is 2. The van der Waals surface area contributed by atoms with Crippen molar-refractivity contribution < 1.29 is 12.8 Å². The van der Waals surface area contributed by atoms with Gasteiger partial charge < -0.3 is 9.73 Å². The van der Waals surface area contributed by atoms with Crippen LogP contribution in [0.2, 0.25) is 0 Å². The quantitative estimate of drug-likeness (QED) is 0.824. The highest BCUT2D eigenvalue weighted by molar-refractivity contribution is 7.92. The maximum Gasteiger partial charge on any atom is 0.229 e. The van der Waals surface area contributed by atoms with Crippen molar-refractivity contribution in [2.45, 2.75) is 25.8 Å². The summed E-state index contributed by atoms with van der Waals surface area (Å²) in [6.45, 7) is 2.08. The maximum absolute atomic E-state index is 11.2. The van der Waals surface area contributed by atoms with Crippen LogP contribution < -0.4 is 10.0 Å². The summed E-state index contributed by atoms with van der Waals surface area (Å²) in [7, 11) is -3.25. The van der Waals surface area contributed by atoms with Gasteiger partial charge in [0.25, 0.3) is 0 Å². The summed E-state index contributed by atoms with van der Waals surface area (Å²) >= 11 is 0. The van der Waals surface area contributed by atoms with E-state index in [0.717, 1.165) is 30.5 Å². The van der Waals surface area contributed by atoms with Crippen molar-refractivity contribution in [1.29, 1.82) is 0 Å². The van der Waals surface area contributed by atoms with E-state index in [1.54, 1.807) is 18.4 Å². The number of aryl methyl sites for hydroxylation is 1. The fourth-order valence-electron chi connectivity index (χ4n) is 2.06. The molecule has 1 unspecified atom stereocenters. The van der Waals surface area contributed by atoms with E-state index in [1.807, 2.05) is 24.3 Å². The van der Waals surface area contributed by atoms with Gasteiger partial charge in [-0.15, -0.1) is 0 Å². The van der Waals surface area contributed by atoms with Crippen LogP contribution in [0.1, 0.15) is 19.1 Å². The van der Waals surface area contributed by atoms with Crippen LogP contribution in [0.5, 0.6) is 0 Å². The molecule has 2 N–H and O–H groups in total. The van der Waals surface area contributed by atoms with Gasteiger partial charge in [-0.2, -0.15) is 0 Å². The van der Waals surface area contributed by atoms with Crippen LogP contribution in [0.3, 0.4) is 0 Å². The molecule has 0 fully saturated rings. The highest BCUT2D eigenvalue weighted by Crippen LogP contribution is 2.18. The Morgan fingerprint density at radius 2 is 1.95 bits per heavy atom. The lowest BCUT2D eigenvalue weighted by Gasteiger charge is -2.15. The third-order valence-electron chi connectivity index (χ3n) is 2.98. The van der Waals surface area contributed by atoms with Gasteiger partial charge >= 0.3 is 0 Å². The molecule has 114 valence electrons. The molecule has 2 aromatic rings. The molecule has 0 saturated carbocycles. The molecule has 5 nitrogen and oxygen atoms in total. The highest BCUT2D eigenvalue weighted by atomic mass is 32.2. The second-order valence-corrected chi connectivity index (χ2v) is 6.87. The number of sulfonamides is 1. The maximum atomic E-state index is 11.2. The average molecular weight is 308 g/mol. The molecule has 0 bridgehead atoms. The summed E-state index contributed by atoms with van der Waals surface area (Å²) in [5, 5.41) is 3.35. The van der Waals surface area contributed by atoms with Gasteiger partial charge in [-0.05, 0) is 43.7 Å². The number of anilines is 2. The van der Waals surface area contributed by atoms with Crippen LogP contribution in [0.25, 0.3) is 0 Å². The van der Waals surface area contributed by atoms with Crippen molar-refractivity contribution in [3.05, 3.63) is 48.4 Å². The second kappa shape index (κ2) is 6.67. The molecule has 6 heteroatoms. The zero-order valence-electron chi connectivity index (χ0n) is 12.2. The summed E-state index contributed by atoms with van der Waals surface area (Å²) in [6, 6.07) is 11.3. The van der Waals surface area contributed by atoms with Gasteiger partial charge in [0.2, 0.25) is 10.0 Å². The Kier molecular flexibility index (Phi) is 4.90. The van der Waals surface area contributed by atoms with Crippen LogP contribution in [0.4, 0.5) is 11.4 Å². The van der Waals surface area contributed by atoms with Crippen LogP contribution in [-0.4, -0.2) is 20.7 Å². The van der Waals surface area contributed by atoms with E-state index in [1.165, 1.54) is 0 Å². The van der Waals surface area contributed by atoms with Gasteiger partial charge in [0.1, 0.15) is 5.76 Å². The fraction of sp³-hybridized carbons (Fsp3) is 0.333. The first-order chi connectivity index (χ1) is 9.92. The predicted molar refractivity (Wildman–Crippen MR) is 85.0 cm³/mol. The molecule has 0 spiro atoms. The normalized spacial score (nSPS) is 12.9. The van der Waals surface area contributed by atoms with Gasteiger partial charge in [0.05, 0.1) is 18.2 Å². The van der Waals surface area contributed by atoms with E-state index >= 15 is 0 Å². The van der Waals surface area contributed by atoms with E-state index in [0.29, 0.717) is 5.69 Å². The third kappa shape index (κ3) is 5.51. The molecule has 0 amide bonds. The van der Waals surface area contributed by atoms with Crippen molar-refractivity contribution in [2.75, 3.05) is 16.3 Å². The van der Waals surface area contributed by atoms with Gasteiger partial charge in [-0.3, -0.25) is 4.72 Å². The van der Waals surface area contributed by atoms with E-state index in [2.05, 4.69) is 17.0 Å². The van der Waals surface area contributed by atoms with Crippen molar-refractivity contribution in [3.8, 4) is 0 Å².